The normalized spacial score (nSPS) is 13.7. The lowest BCUT2D eigenvalue weighted by Crippen LogP contribution is -2.50. The molecule has 154 valence electrons. The second-order valence-electron chi connectivity index (χ2n) is 6.65. The molecule has 2 aromatic rings. The molecule has 1 aliphatic rings. The van der Waals surface area contributed by atoms with Crippen LogP contribution >= 0.6 is 11.6 Å². The molecule has 7 nitrogen and oxygen atoms in total. The third kappa shape index (κ3) is 6.02. The Morgan fingerprint density at radius 1 is 1.07 bits per heavy atom. The molecule has 3 rings (SSSR count). The van der Waals surface area contributed by atoms with E-state index in [1.165, 1.54) is 0 Å². The SMILES string of the molecule is CCNC(=O)COc1cccc(NC(=O)N2CCN(c3cccc(Cl)c3)CC2)c1. The number of halogens is 1. The van der Waals surface area contributed by atoms with Gasteiger partial charge in [-0.05, 0) is 37.3 Å². The standard InChI is InChI=1S/C21H25ClN4O3/c1-2-23-20(27)15-29-19-8-4-6-17(14-19)24-21(28)26-11-9-25(10-12-26)18-7-3-5-16(22)13-18/h3-8,13-14H,2,9-12,15H2,1H3,(H,23,27)(H,24,28). The predicted molar refractivity (Wildman–Crippen MR) is 115 cm³/mol. The van der Waals surface area contributed by atoms with E-state index >= 15 is 0 Å². The maximum Gasteiger partial charge on any atom is 0.321 e. The molecule has 0 saturated carbocycles. The van der Waals surface area contributed by atoms with Crippen LogP contribution in [0.25, 0.3) is 0 Å². The number of urea groups is 1. The third-order valence-electron chi connectivity index (χ3n) is 4.57. The number of piperazine rings is 1. The summed E-state index contributed by atoms with van der Waals surface area (Å²) in [6, 6.07) is 14.6. The number of hydrogen-bond acceptors (Lipinski definition) is 4. The first-order valence-corrected chi connectivity index (χ1v) is 9.99. The topological polar surface area (TPSA) is 73.9 Å². The molecule has 29 heavy (non-hydrogen) atoms. The molecule has 2 aromatic carbocycles. The molecular formula is C21H25ClN4O3. The first-order chi connectivity index (χ1) is 14.0. The van der Waals surface area contributed by atoms with Crippen molar-refractivity contribution in [1.82, 2.24) is 10.2 Å². The van der Waals surface area contributed by atoms with Crippen LogP contribution in [0.3, 0.4) is 0 Å². The Balaban J connectivity index is 1.50. The number of likely N-dealkylation sites (N-methyl/N-ethyl adjacent to an activating group) is 1. The molecule has 8 heteroatoms. The summed E-state index contributed by atoms with van der Waals surface area (Å²) in [7, 11) is 0. The van der Waals surface area contributed by atoms with Gasteiger partial charge in [0.25, 0.3) is 5.91 Å². The lowest BCUT2D eigenvalue weighted by molar-refractivity contribution is -0.122. The highest BCUT2D eigenvalue weighted by molar-refractivity contribution is 6.30. The van der Waals surface area contributed by atoms with Crippen LogP contribution in [0.2, 0.25) is 5.02 Å². The van der Waals surface area contributed by atoms with E-state index in [9.17, 15) is 9.59 Å². The molecule has 0 radical (unpaired) electrons. The van der Waals surface area contributed by atoms with Gasteiger partial charge in [0, 0.05) is 55.2 Å². The fraction of sp³-hybridized carbons (Fsp3) is 0.333. The molecule has 0 unspecified atom stereocenters. The van der Waals surface area contributed by atoms with Crippen molar-refractivity contribution in [3.63, 3.8) is 0 Å². The summed E-state index contributed by atoms with van der Waals surface area (Å²) in [5, 5.41) is 6.27. The molecule has 0 aliphatic carbocycles. The van der Waals surface area contributed by atoms with E-state index in [-0.39, 0.29) is 18.5 Å². The lowest BCUT2D eigenvalue weighted by Gasteiger charge is -2.36. The van der Waals surface area contributed by atoms with Gasteiger partial charge < -0.3 is 25.2 Å². The zero-order valence-electron chi connectivity index (χ0n) is 16.4. The Labute approximate surface area is 175 Å². The maximum atomic E-state index is 12.6. The Morgan fingerprint density at radius 2 is 1.83 bits per heavy atom. The van der Waals surface area contributed by atoms with Crippen LogP contribution in [0.4, 0.5) is 16.2 Å². The van der Waals surface area contributed by atoms with E-state index in [0.717, 1.165) is 18.8 Å². The van der Waals surface area contributed by atoms with Gasteiger partial charge in [-0.1, -0.05) is 23.7 Å². The first kappa shape index (κ1) is 20.8. The Hall–Kier alpha value is -2.93. The quantitative estimate of drug-likeness (QED) is 0.758. The van der Waals surface area contributed by atoms with Crippen LogP contribution in [0.1, 0.15) is 6.92 Å². The molecule has 0 spiro atoms. The number of ether oxygens (including phenoxy) is 1. The highest BCUT2D eigenvalue weighted by Gasteiger charge is 2.21. The summed E-state index contributed by atoms with van der Waals surface area (Å²) in [6.45, 7) is 5.06. The third-order valence-corrected chi connectivity index (χ3v) is 4.80. The smallest absolute Gasteiger partial charge is 0.321 e. The van der Waals surface area contributed by atoms with Crippen molar-refractivity contribution in [3.8, 4) is 5.75 Å². The molecule has 1 fully saturated rings. The monoisotopic (exact) mass is 416 g/mol. The largest absolute Gasteiger partial charge is 0.484 e. The molecule has 1 heterocycles. The molecule has 2 N–H and O–H groups in total. The van der Waals surface area contributed by atoms with E-state index < -0.39 is 0 Å². The predicted octanol–water partition coefficient (Wildman–Crippen LogP) is 3.21. The van der Waals surface area contributed by atoms with E-state index in [1.807, 2.05) is 31.2 Å². The second-order valence-corrected chi connectivity index (χ2v) is 7.09. The van der Waals surface area contributed by atoms with Gasteiger partial charge in [0.05, 0.1) is 0 Å². The number of anilines is 2. The van der Waals surface area contributed by atoms with Crippen molar-refractivity contribution < 1.29 is 14.3 Å². The zero-order valence-corrected chi connectivity index (χ0v) is 17.1. The number of amides is 3. The fourth-order valence-corrected chi connectivity index (χ4v) is 3.29. The number of nitrogens with one attached hydrogen (secondary N) is 2. The maximum absolute atomic E-state index is 12.6. The highest BCUT2D eigenvalue weighted by Crippen LogP contribution is 2.22. The van der Waals surface area contributed by atoms with Gasteiger partial charge in [-0.15, -0.1) is 0 Å². The number of carbonyl (C=O) groups is 2. The molecule has 1 aliphatic heterocycles. The Morgan fingerprint density at radius 3 is 2.55 bits per heavy atom. The summed E-state index contributed by atoms with van der Waals surface area (Å²) in [5.74, 6) is 0.347. The molecule has 0 atom stereocenters. The summed E-state index contributed by atoms with van der Waals surface area (Å²) < 4.78 is 5.47. The van der Waals surface area contributed by atoms with Crippen molar-refractivity contribution in [3.05, 3.63) is 53.6 Å². The zero-order chi connectivity index (χ0) is 20.6. The minimum atomic E-state index is -0.181. The van der Waals surface area contributed by atoms with Gasteiger partial charge in [0.2, 0.25) is 0 Å². The van der Waals surface area contributed by atoms with Gasteiger partial charge in [-0.25, -0.2) is 4.79 Å². The number of benzene rings is 2. The molecule has 3 amide bonds. The van der Waals surface area contributed by atoms with Crippen molar-refractivity contribution >= 4 is 34.9 Å². The molecule has 0 bridgehead atoms. The van der Waals surface area contributed by atoms with E-state index in [2.05, 4.69) is 15.5 Å². The molecule has 0 aromatic heterocycles. The average Bonchev–Trinajstić information content (AvgIpc) is 2.73. The van der Waals surface area contributed by atoms with Crippen molar-refractivity contribution in [1.29, 1.82) is 0 Å². The van der Waals surface area contributed by atoms with E-state index in [0.29, 0.717) is 36.1 Å². The first-order valence-electron chi connectivity index (χ1n) is 9.61. The van der Waals surface area contributed by atoms with Crippen molar-refractivity contribution in [2.75, 3.05) is 49.5 Å². The number of hydrogen-bond donors (Lipinski definition) is 2. The number of carbonyl (C=O) groups excluding carboxylic acids is 2. The molecular weight excluding hydrogens is 392 g/mol. The minimum Gasteiger partial charge on any atom is -0.484 e. The van der Waals surface area contributed by atoms with Crippen LogP contribution in [0, 0.1) is 0 Å². The van der Waals surface area contributed by atoms with Gasteiger partial charge in [0.15, 0.2) is 6.61 Å². The summed E-state index contributed by atoms with van der Waals surface area (Å²) >= 11 is 6.07. The Kier molecular flexibility index (Phi) is 7.19. The molecule has 1 saturated heterocycles. The second kappa shape index (κ2) is 10.0. The van der Waals surface area contributed by atoms with Gasteiger partial charge >= 0.3 is 6.03 Å². The Bertz CT molecular complexity index is 853. The number of rotatable bonds is 6. The van der Waals surface area contributed by atoms with Gasteiger partial charge in [-0.3, -0.25) is 4.79 Å². The van der Waals surface area contributed by atoms with E-state index in [1.54, 1.807) is 29.2 Å². The van der Waals surface area contributed by atoms with Gasteiger partial charge in [-0.2, -0.15) is 0 Å². The summed E-state index contributed by atoms with van der Waals surface area (Å²) in [5.41, 5.74) is 1.69. The fourth-order valence-electron chi connectivity index (χ4n) is 3.10. The van der Waals surface area contributed by atoms with Crippen LogP contribution < -0.4 is 20.3 Å². The highest BCUT2D eigenvalue weighted by atomic mass is 35.5. The summed E-state index contributed by atoms with van der Waals surface area (Å²) in [6.07, 6.45) is 0. The average molecular weight is 417 g/mol. The van der Waals surface area contributed by atoms with Crippen LogP contribution in [0.15, 0.2) is 48.5 Å². The van der Waals surface area contributed by atoms with Crippen molar-refractivity contribution in [2.45, 2.75) is 6.92 Å². The lowest BCUT2D eigenvalue weighted by atomic mass is 10.2. The van der Waals surface area contributed by atoms with Gasteiger partial charge in [0.1, 0.15) is 5.75 Å². The van der Waals surface area contributed by atoms with Crippen molar-refractivity contribution in [2.24, 2.45) is 0 Å². The van der Waals surface area contributed by atoms with Crippen LogP contribution in [-0.2, 0) is 4.79 Å². The number of nitrogens with zero attached hydrogens (tertiary/aromatic N) is 2. The summed E-state index contributed by atoms with van der Waals surface area (Å²) in [4.78, 5) is 28.1. The van der Waals surface area contributed by atoms with Crippen LogP contribution in [0.5, 0.6) is 5.75 Å². The van der Waals surface area contributed by atoms with Crippen LogP contribution in [-0.4, -0.2) is 56.2 Å². The minimum absolute atomic E-state index is 0.0588. The van der Waals surface area contributed by atoms with E-state index in [4.69, 9.17) is 16.3 Å².